The maximum atomic E-state index is 6.21. The van der Waals surface area contributed by atoms with Crippen LogP contribution >= 0.6 is 46.4 Å². The lowest BCUT2D eigenvalue weighted by molar-refractivity contribution is 0.506. The van der Waals surface area contributed by atoms with Gasteiger partial charge in [-0.15, -0.1) is 0 Å². The molecule has 0 fully saturated rings. The van der Waals surface area contributed by atoms with Crippen molar-refractivity contribution >= 4 is 57.4 Å². The Balaban J connectivity index is 1.38. The molecule has 0 aliphatic heterocycles. The SMILES string of the molecule is Clc1ccc(-c2ccc(Cn3c(-c4ccc(-c5ccc(Cl)c(Cl)c5)o4)nc4ccccc43)o2)cc1Cl. The summed E-state index contributed by atoms with van der Waals surface area (Å²) in [6, 6.07) is 26.4. The van der Waals surface area contributed by atoms with Gasteiger partial charge in [0.1, 0.15) is 17.3 Å². The van der Waals surface area contributed by atoms with Gasteiger partial charge >= 0.3 is 0 Å². The Hall–Kier alpha value is -3.15. The van der Waals surface area contributed by atoms with Gasteiger partial charge in [-0.25, -0.2) is 4.98 Å². The number of nitrogens with zero attached hydrogens (tertiary/aromatic N) is 2. The Labute approximate surface area is 226 Å². The second-order valence-electron chi connectivity index (χ2n) is 8.20. The van der Waals surface area contributed by atoms with Gasteiger partial charge in [0.15, 0.2) is 11.6 Å². The lowest BCUT2D eigenvalue weighted by atomic mass is 10.2. The molecule has 36 heavy (non-hydrogen) atoms. The Bertz CT molecular complexity index is 1730. The number of aromatic nitrogens is 2. The Kier molecular flexibility index (Phi) is 6.06. The zero-order valence-corrected chi connectivity index (χ0v) is 21.5. The highest BCUT2D eigenvalue weighted by atomic mass is 35.5. The van der Waals surface area contributed by atoms with Crippen LogP contribution in [0.1, 0.15) is 5.76 Å². The van der Waals surface area contributed by atoms with Crippen molar-refractivity contribution in [3.63, 3.8) is 0 Å². The summed E-state index contributed by atoms with van der Waals surface area (Å²) in [6.45, 7) is 0.458. The van der Waals surface area contributed by atoms with Crippen molar-refractivity contribution in [2.75, 3.05) is 0 Å². The van der Waals surface area contributed by atoms with Crippen LogP contribution in [0, 0.1) is 0 Å². The van der Waals surface area contributed by atoms with Crippen molar-refractivity contribution in [1.29, 1.82) is 0 Å². The third-order valence-electron chi connectivity index (χ3n) is 5.86. The molecule has 4 nitrogen and oxygen atoms in total. The van der Waals surface area contributed by atoms with E-state index in [0.29, 0.717) is 49.7 Å². The Morgan fingerprint density at radius 3 is 1.92 bits per heavy atom. The van der Waals surface area contributed by atoms with Gasteiger partial charge in [-0.2, -0.15) is 0 Å². The van der Waals surface area contributed by atoms with Crippen LogP contribution in [-0.4, -0.2) is 9.55 Å². The van der Waals surface area contributed by atoms with Crippen LogP contribution in [0.2, 0.25) is 20.1 Å². The zero-order chi connectivity index (χ0) is 24.8. The van der Waals surface area contributed by atoms with E-state index in [4.69, 9.17) is 60.2 Å². The molecule has 6 rings (SSSR count). The number of furan rings is 2. The van der Waals surface area contributed by atoms with Crippen LogP contribution in [0.4, 0.5) is 0 Å². The number of imidazole rings is 1. The third kappa shape index (κ3) is 4.31. The lowest BCUT2D eigenvalue weighted by Gasteiger charge is -2.06. The van der Waals surface area contributed by atoms with E-state index < -0.39 is 0 Å². The molecular formula is C28H16Cl4N2O2. The molecule has 0 aliphatic rings. The first-order valence-electron chi connectivity index (χ1n) is 11.0. The molecule has 0 bridgehead atoms. The minimum absolute atomic E-state index is 0.458. The van der Waals surface area contributed by atoms with Gasteiger partial charge in [-0.3, -0.25) is 0 Å². The standard InChI is InChI=1S/C28H16Cl4N2O2/c29-19-8-5-16(13-21(19)31)25-10-7-18(35-25)15-34-24-4-2-1-3-23(24)33-28(34)27-12-11-26(36-27)17-6-9-20(30)22(32)14-17/h1-14H,15H2. The van der Waals surface area contributed by atoms with Gasteiger partial charge in [0, 0.05) is 11.1 Å². The van der Waals surface area contributed by atoms with E-state index >= 15 is 0 Å². The molecule has 3 heterocycles. The summed E-state index contributed by atoms with van der Waals surface area (Å²) in [4.78, 5) is 4.85. The molecule has 0 atom stereocenters. The summed E-state index contributed by atoms with van der Waals surface area (Å²) < 4.78 is 14.5. The first-order valence-corrected chi connectivity index (χ1v) is 12.5. The van der Waals surface area contributed by atoms with Crippen molar-refractivity contribution in [3.8, 4) is 34.2 Å². The largest absolute Gasteiger partial charge is 0.459 e. The van der Waals surface area contributed by atoms with E-state index in [0.717, 1.165) is 27.9 Å². The normalized spacial score (nSPS) is 11.4. The highest BCUT2D eigenvalue weighted by Crippen LogP contribution is 2.34. The average molecular weight is 554 g/mol. The molecule has 0 N–H and O–H groups in total. The van der Waals surface area contributed by atoms with E-state index in [1.165, 1.54) is 0 Å². The van der Waals surface area contributed by atoms with Crippen molar-refractivity contribution in [2.24, 2.45) is 0 Å². The minimum atomic E-state index is 0.458. The first kappa shape index (κ1) is 23.3. The second kappa shape index (κ2) is 9.38. The van der Waals surface area contributed by atoms with E-state index in [-0.39, 0.29) is 0 Å². The molecule has 0 aliphatic carbocycles. The van der Waals surface area contributed by atoms with Crippen LogP contribution in [0.3, 0.4) is 0 Å². The van der Waals surface area contributed by atoms with E-state index in [1.807, 2.05) is 60.7 Å². The summed E-state index contributed by atoms with van der Waals surface area (Å²) >= 11 is 24.5. The predicted octanol–water partition coefficient (Wildman–Crippen LogP) is 9.89. The molecule has 0 saturated heterocycles. The quantitative estimate of drug-likeness (QED) is 0.213. The molecule has 0 amide bonds. The van der Waals surface area contributed by atoms with E-state index in [2.05, 4.69) is 4.57 Å². The monoisotopic (exact) mass is 552 g/mol. The summed E-state index contributed by atoms with van der Waals surface area (Å²) in [7, 11) is 0. The zero-order valence-electron chi connectivity index (χ0n) is 18.5. The van der Waals surface area contributed by atoms with Gasteiger partial charge in [0.25, 0.3) is 0 Å². The van der Waals surface area contributed by atoms with Gasteiger partial charge in [0.2, 0.25) is 0 Å². The third-order valence-corrected chi connectivity index (χ3v) is 7.34. The fourth-order valence-corrected chi connectivity index (χ4v) is 4.71. The first-order chi connectivity index (χ1) is 17.5. The predicted molar refractivity (Wildman–Crippen MR) is 146 cm³/mol. The highest BCUT2D eigenvalue weighted by Gasteiger charge is 2.18. The Morgan fingerprint density at radius 1 is 0.611 bits per heavy atom. The van der Waals surface area contributed by atoms with E-state index in [9.17, 15) is 0 Å². The van der Waals surface area contributed by atoms with Crippen molar-refractivity contribution in [3.05, 3.63) is 111 Å². The molecule has 0 saturated carbocycles. The van der Waals surface area contributed by atoms with Crippen molar-refractivity contribution < 1.29 is 8.83 Å². The number of rotatable bonds is 5. The maximum Gasteiger partial charge on any atom is 0.177 e. The second-order valence-corrected chi connectivity index (χ2v) is 9.83. The van der Waals surface area contributed by atoms with Crippen LogP contribution in [0.5, 0.6) is 0 Å². The van der Waals surface area contributed by atoms with Crippen molar-refractivity contribution in [2.45, 2.75) is 6.54 Å². The summed E-state index contributed by atoms with van der Waals surface area (Å²) in [5.74, 6) is 3.45. The van der Waals surface area contributed by atoms with Gasteiger partial charge in [-0.1, -0.05) is 58.5 Å². The number of hydrogen-bond acceptors (Lipinski definition) is 3. The maximum absolute atomic E-state index is 6.21. The molecule has 6 aromatic rings. The van der Waals surface area contributed by atoms with E-state index in [1.54, 1.807) is 24.3 Å². The van der Waals surface area contributed by atoms with Crippen LogP contribution in [-0.2, 0) is 6.54 Å². The smallest absolute Gasteiger partial charge is 0.177 e. The number of fused-ring (bicyclic) bond motifs is 1. The molecule has 8 heteroatoms. The van der Waals surface area contributed by atoms with Crippen LogP contribution in [0.25, 0.3) is 45.3 Å². The van der Waals surface area contributed by atoms with Gasteiger partial charge in [0.05, 0.1) is 37.7 Å². The Morgan fingerprint density at radius 2 is 1.22 bits per heavy atom. The highest BCUT2D eigenvalue weighted by molar-refractivity contribution is 6.42. The molecule has 3 aromatic carbocycles. The summed E-state index contributed by atoms with van der Waals surface area (Å²) in [6.07, 6.45) is 0. The molecule has 3 aromatic heterocycles. The summed E-state index contributed by atoms with van der Waals surface area (Å²) in [5, 5.41) is 1.94. The number of halogens is 4. The topological polar surface area (TPSA) is 44.1 Å². The van der Waals surface area contributed by atoms with Crippen molar-refractivity contribution in [1.82, 2.24) is 9.55 Å². The van der Waals surface area contributed by atoms with Crippen LogP contribution in [0.15, 0.2) is 93.8 Å². The minimum Gasteiger partial charge on any atom is -0.459 e. The lowest BCUT2D eigenvalue weighted by Crippen LogP contribution is -2.00. The van der Waals surface area contributed by atoms with Crippen LogP contribution < -0.4 is 0 Å². The number of para-hydroxylation sites is 2. The summed E-state index contributed by atoms with van der Waals surface area (Å²) in [5.41, 5.74) is 3.50. The van der Waals surface area contributed by atoms with Gasteiger partial charge < -0.3 is 13.4 Å². The van der Waals surface area contributed by atoms with Gasteiger partial charge in [-0.05, 0) is 72.8 Å². The molecular weight excluding hydrogens is 538 g/mol. The molecule has 178 valence electrons. The average Bonchev–Trinajstić information content (AvgIpc) is 3.62. The number of hydrogen-bond donors (Lipinski definition) is 0. The fraction of sp³-hybridized carbons (Fsp3) is 0.0357. The number of benzene rings is 3. The molecule has 0 spiro atoms. The fourth-order valence-electron chi connectivity index (χ4n) is 4.11. The molecule has 0 unspecified atom stereocenters. The molecule has 0 radical (unpaired) electrons.